The van der Waals surface area contributed by atoms with Crippen LogP contribution in [-0.2, 0) is 11.3 Å². The number of carbonyl (C=O) groups excluding carboxylic acids is 1. The molecule has 84 valence electrons. The number of rotatable bonds is 2. The Morgan fingerprint density at radius 2 is 2.27 bits per heavy atom. The van der Waals surface area contributed by atoms with Crippen molar-refractivity contribution >= 4 is 23.3 Å². The summed E-state index contributed by atoms with van der Waals surface area (Å²) in [4.78, 5) is 10.6. The molecule has 4 nitrogen and oxygen atoms in total. The van der Waals surface area contributed by atoms with Crippen LogP contribution in [0, 0.1) is 0 Å². The zero-order valence-electron chi connectivity index (χ0n) is 7.60. The van der Waals surface area contributed by atoms with E-state index in [-0.39, 0.29) is 10.8 Å². The third-order valence-corrected chi connectivity index (χ3v) is 1.63. The molecule has 0 spiro atoms. The minimum absolute atomic E-state index is 0.0329. The molecule has 8 heteroatoms. The standard InChI is InChI=1S/C7H7ClF3N3O/c1-4(15)12-6-5(8)2-14(13-6)3-7(9,10)11/h2H,3H2,1H3,(H,12,13,15). The van der Waals surface area contributed by atoms with E-state index in [1.54, 1.807) is 0 Å². The Labute approximate surface area is 88.0 Å². The largest absolute Gasteiger partial charge is 0.408 e. The number of halogens is 4. The van der Waals surface area contributed by atoms with Gasteiger partial charge in [-0.2, -0.15) is 18.3 Å². The van der Waals surface area contributed by atoms with E-state index in [0.29, 0.717) is 4.68 Å². The number of anilines is 1. The summed E-state index contributed by atoms with van der Waals surface area (Å²) in [7, 11) is 0. The maximum absolute atomic E-state index is 12.0. The molecular formula is C7H7ClF3N3O. The second kappa shape index (κ2) is 4.09. The highest BCUT2D eigenvalue weighted by molar-refractivity contribution is 6.33. The van der Waals surface area contributed by atoms with Gasteiger partial charge in [0.25, 0.3) is 0 Å². The molecule has 0 bridgehead atoms. The van der Waals surface area contributed by atoms with Crippen LogP contribution < -0.4 is 5.32 Å². The van der Waals surface area contributed by atoms with Crippen LogP contribution in [-0.4, -0.2) is 21.9 Å². The van der Waals surface area contributed by atoms with Crippen LogP contribution in [0.2, 0.25) is 5.02 Å². The fourth-order valence-corrected chi connectivity index (χ4v) is 1.11. The van der Waals surface area contributed by atoms with Crippen LogP contribution in [0.3, 0.4) is 0 Å². The van der Waals surface area contributed by atoms with Crippen LogP contribution in [0.1, 0.15) is 6.92 Å². The van der Waals surface area contributed by atoms with Gasteiger partial charge < -0.3 is 5.32 Å². The van der Waals surface area contributed by atoms with Crippen molar-refractivity contribution in [3.05, 3.63) is 11.2 Å². The maximum atomic E-state index is 12.0. The lowest BCUT2D eigenvalue weighted by molar-refractivity contribution is -0.142. The van der Waals surface area contributed by atoms with E-state index in [4.69, 9.17) is 11.6 Å². The van der Waals surface area contributed by atoms with Crippen molar-refractivity contribution in [1.29, 1.82) is 0 Å². The van der Waals surface area contributed by atoms with Crippen molar-refractivity contribution in [1.82, 2.24) is 9.78 Å². The summed E-state index contributed by atoms with van der Waals surface area (Å²) in [5.74, 6) is -0.525. The van der Waals surface area contributed by atoms with Gasteiger partial charge in [0.15, 0.2) is 5.82 Å². The van der Waals surface area contributed by atoms with Crippen molar-refractivity contribution in [2.75, 3.05) is 5.32 Å². The first kappa shape index (κ1) is 11.8. The van der Waals surface area contributed by atoms with Gasteiger partial charge in [-0.25, -0.2) is 0 Å². The van der Waals surface area contributed by atoms with Crippen molar-refractivity contribution in [2.45, 2.75) is 19.6 Å². The van der Waals surface area contributed by atoms with Crippen molar-refractivity contribution in [3.63, 3.8) is 0 Å². The molecule has 1 heterocycles. The average Bonchev–Trinajstić information content (AvgIpc) is 2.26. The number of nitrogens with one attached hydrogen (secondary N) is 1. The van der Waals surface area contributed by atoms with Crippen molar-refractivity contribution in [3.8, 4) is 0 Å². The summed E-state index contributed by atoms with van der Waals surface area (Å²) in [5.41, 5.74) is 0. The minimum Gasteiger partial charge on any atom is -0.308 e. The first-order chi connectivity index (χ1) is 6.78. The van der Waals surface area contributed by atoms with E-state index in [0.717, 1.165) is 6.20 Å². The average molecular weight is 242 g/mol. The highest BCUT2D eigenvalue weighted by Gasteiger charge is 2.29. The lowest BCUT2D eigenvalue weighted by atomic mass is 10.6. The Balaban J connectivity index is 2.81. The van der Waals surface area contributed by atoms with Gasteiger partial charge in [-0.1, -0.05) is 11.6 Å². The number of amides is 1. The van der Waals surface area contributed by atoms with E-state index in [2.05, 4.69) is 10.4 Å². The molecule has 0 aliphatic carbocycles. The summed E-state index contributed by atoms with van der Waals surface area (Å²) in [5, 5.41) is 5.64. The Hall–Kier alpha value is -1.24. The summed E-state index contributed by atoms with van der Waals surface area (Å²) in [6, 6.07) is 0. The van der Waals surface area contributed by atoms with Gasteiger partial charge in [-0.05, 0) is 0 Å². The molecule has 0 unspecified atom stereocenters. The molecule has 1 aromatic heterocycles. The summed E-state index contributed by atoms with van der Waals surface area (Å²) < 4.78 is 36.5. The Morgan fingerprint density at radius 1 is 1.67 bits per heavy atom. The number of carbonyl (C=O) groups is 1. The molecule has 0 aromatic carbocycles. The number of hydrogen-bond donors (Lipinski definition) is 1. The first-order valence-corrected chi connectivity index (χ1v) is 4.23. The van der Waals surface area contributed by atoms with Crippen molar-refractivity contribution < 1.29 is 18.0 Å². The zero-order valence-corrected chi connectivity index (χ0v) is 8.35. The van der Waals surface area contributed by atoms with Crippen LogP contribution >= 0.6 is 11.6 Å². The third-order valence-electron chi connectivity index (χ3n) is 1.35. The quantitative estimate of drug-likeness (QED) is 0.862. The summed E-state index contributed by atoms with van der Waals surface area (Å²) in [6.07, 6.45) is -3.37. The number of aromatic nitrogens is 2. The zero-order chi connectivity index (χ0) is 11.6. The van der Waals surface area contributed by atoms with Gasteiger partial charge in [0, 0.05) is 13.1 Å². The van der Waals surface area contributed by atoms with E-state index in [9.17, 15) is 18.0 Å². The molecule has 0 radical (unpaired) electrons. The highest BCUT2D eigenvalue weighted by Crippen LogP contribution is 2.22. The van der Waals surface area contributed by atoms with Gasteiger partial charge in [-0.3, -0.25) is 9.48 Å². The third kappa shape index (κ3) is 3.78. The fourth-order valence-electron chi connectivity index (χ4n) is 0.913. The van der Waals surface area contributed by atoms with Crippen LogP contribution in [0.4, 0.5) is 19.0 Å². The predicted octanol–water partition coefficient (Wildman–Crippen LogP) is 2.06. The predicted molar refractivity (Wildman–Crippen MR) is 47.6 cm³/mol. The monoisotopic (exact) mass is 241 g/mol. The molecule has 1 N–H and O–H groups in total. The second-order valence-electron chi connectivity index (χ2n) is 2.82. The van der Waals surface area contributed by atoms with Gasteiger partial charge in [0.2, 0.25) is 5.91 Å². The minimum atomic E-state index is -4.37. The van der Waals surface area contributed by atoms with E-state index in [1.165, 1.54) is 6.92 Å². The number of alkyl halides is 3. The molecule has 15 heavy (non-hydrogen) atoms. The molecule has 0 saturated carbocycles. The van der Waals surface area contributed by atoms with Crippen LogP contribution in [0.15, 0.2) is 6.20 Å². The molecule has 0 aliphatic heterocycles. The topological polar surface area (TPSA) is 46.9 Å². The van der Waals surface area contributed by atoms with E-state index < -0.39 is 18.6 Å². The summed E-state index contributed by atoms with van der Waals surface area (Å²) in [6.45, 7) is -0.0363. The number of nitrogens with zero attached hydrogens (tertiary/aromatic N) is 2. The Kier molecular flexibility index (Phi) is 3.23. The molecule has 1 amide bonds. The molecule has 0 aliphatic rings. The van der Waals surface area contributed by atoms with Crippen molar-refractivity contribution in [2.24, 2.45) is 0 Å². The molecule has 0 saturated heterocycles. The van der Waals surface area contributed by atoms with Crippen LogP contribution in [0.5, 0.6) is 0 Å². The maximum Gasteiger partial charge on any atom is 0.408 e. The summed E-state index contributed by atoms with van der Waals surface area (Å²) >= 11 is 5.55. The number of hydrogen-bond acceptors (Lipinski definition) is 2. The first-order valence-electron chi connectivity index (χ1n) is 3.85. The molecule has 1 aromatic rings. The van der Waals surface area contributed by atoms with Crippen LogP contribution in [0.25, 0.3) is 0 Å². The Bertz CT molecular complexity index is 374. The SMILES string of the molecule is CC(=O)Nc1nn(CC(F)(F)F)cc1Cl. The second-order valence-corrected chi connectivity index (χ2v) is 3.23. The smallest absolute Gasteiger partial charge is 0.308 e. The molecule has 0 atom stereocenters. The molecular weight excluding hydrogens is 235 g/mol. The van der Waals surface area contributed by atoms with Gasteiger partial charge in [0.1, 0.15) is 11.6 Å². The fraction of sp³-hybridized carbons (Fsp3) is 0.429. The van der Waals surface area contributed by atoms with E-state index >= 15 is 0 Å². The lowest BCUT2D eigenvalue weighted by Crippen LogP contribution is -2.18. The molecule has 1 rings (SSSR count). The van der Waals surface area contributed by atoms with Gasteiger partial charge in [0.05, 0.1) is 0 Å². The normalized spacial score (nSPS) is 11.5. The lowest BCUT2D eigenvalue weighted by Gasteiger charge is -2.05. The highest BCUT2D eigenvalue weighted by atomic mass is 35.5. The Morgan fingerprint density at radius 3 is 2.73 bits per heavy atom. The van der Waals surface area contributed by atoms with Gasteiger partial charge in [-0.15, -0.1) is 0 Å². The molecule has 0 fully saturated rings. The van der Waals surface area contributed by atoms with E-state index in [1.807, 2.05) is 0 Å². The van der Waals surface area contributed by atoms with Gasteiger partial charge >= 0.3 is 6.18 Å².